The van der Waals surface area contributed by atoms with Gasteiger partial charge in [0.25, 0.3) is 0 Å². The molecule has 0 aliphatic heterocycles. The molecule has 0 aliphatic carbocycles. The van der Waals surface area contributed by atoms with Gasteiger partial charge in [-0.3, -0.25) is 4.40 Å². The zero-order valence-electron chi connectivity index (χ0n) is 28.5. The number of benzene rings is 8. The van der Waals surface area contributed by atoms with E-state index in [4.69, 9.17) is 11.6 Å². The van der Waals surface area contributed by atoms with Crippen LogP contribution in [0.25, 0.3) is 98.5 Å². The van der Waals surface area contributed by atoms with Gasteiger partial charge in [0.15, 0.2) is 5.69 Å². The van der Waals surface area contributed by atoms with Crippen molar-refractivity contribution in [2.75, 3.05) is 0 Å². The predicted octanol–water partition coefficient (Wildman–Crippen LogP) is 13.0. The van der Waals surface area contributed by atoms with Crippen molar-refractivity contribution in [2.45, 2.75) is 0 Å². The van der Waals surface area contributed by atoms with Crippen LogP contribution in [0.15, 0.2) is 170 Å². The number of hydrogen-bond donors (Lipinski definition) is 0. The molecule has 0 radical (unpaired) electrons. The molecule has 8 aromatic carbocycles. The van der Waals surface area contributed by atoms with Crippen molar-refractivity contribution in [3.05, 3.63) is 187 Å². The van der Waals surface area contributed by atoms with Gasteiger partial charge in [-0.15, -0.1) is 0 Å². The third-order valence-corrected chi connectivity index (χ3v) is 10.4. The lowest BCUT2D eigenvalue weighted by atomic mass is 9.95. The Morgan fingerprint density at radius 2 is 1.02 bits per heavy atom. The van der Waals surface area contributed by atoms with Gasteiger partial charge in [-0.25, -0.2) is 9.83 Å². The molecule has 2 aromatic heterocycles. The summed E-state index contributed by atoms with van der Waals surface area (Å²) in [5, 5.41) is 17.7. The van der Waals surface area contributed by atoms with E-state index in [1.54, 1.807) is 0 Å². The van der Waals surface area contributed by atoms with E-state index in [9.17, 15) is 5.26 Å². The molecule has 244 valence electrons. The molecule has 0 unspecified atom stereocenters. The maximum Gasteiger partial charge on any atom is 0.187 e. The number of hydrogen-bond acceptors (Lipinski definition) is 2. The fraction of sp³-hybridized carbons (Fsp3) is 0. The molecular formula is C49H28N4. The van der Waals surface area contributed by atoms with Crippen LogP contribution in [-0.4, -0.2) is 9.38 Å². The molecule has 0 saturated heterocycles. The van der Waals surface area contributed by atoms with Gasteiger partial charge in [-0.1, -0.05) is 127 Å². The van der Waals surface area contributed by atoms with Crippen LogP contribution in [0, 0.1) is 17.9 Å². The lowest BCUT2D eigenvalue weighted by molar-refractivity contribution is 1.27. The Morgan fingerprint density at radius 3 is 1.68 bits per heavy atom. The summed E-state index contributed by atoms with van der Waals surface area (Å²) in [7, 11) is 0. The van der Waals surface area contributed by atoms with Crippen LogP contribution in [0.4, 0.5) is 5.69 Å². The van der Waals surface area contributed by atoms with E-state index in [1.165, 1.54) is 32.7 Å². The molecule has 0 atom stereocenters. The van der Waals surface area contributed by atoms with Crippen LogP contribution in [0.2, 0.25) is 0 Å². The number of pyridine rings is 1. The smallest absolute Gasteiger partial charge is 0.187 e. The monoisotopic (exact) mass is 672 g/mol. The van der Waals surface area contributed by atoms with Gasteiger partial charge in [-0.05, 0) is 97.2 Å². The Labute approximate surface area is 305 Å². The highest BCUT2D eigenvalue weighted by molar-refractivity contribution is 6.14. The molecule has 53 heavy (non-hydrogen) atoms. The van der Waals surface area contributed by atoms with Crippen molar-refractivity contribution in [3.63, 3.8) is 0 Å². The van der Waals surface area contributed by atoms with Crippen molar-refractivity contribution in [1.82, 2.24) is 9.38 Å². The summed E-state index contributed by atoms with van der Waals surface area (Å²) < 4.78 is 2.26. The summed E-state index contributed by atoms with van der Waals surface area (Å²) in [5.74, 6) is 0. The largest absolute Gasteiger partial charge is 0.291 e. The number of imidazole rings is 1. The summed E-state index contributed by atoms with van der Waals surface area (Å²) in [6.45, 7) is 7.52. The Bertz CT molecular complexity index is 3170. The highest BCUT2D eigenvalue weighted by Gasteiger charge is 2.21. The van der Waals surface area contributed by atoms with E-state index in [0.717, 1.165) is 61.0 Å². The van der Waals surface area contributed by atoms with Gasteiger partial charge in [0, 0.05) is 16.3 Å². The van der Waals surface area contributed by atoms with Gasteiger partial charge in [0.05, 0.1) is 35.1 Å². The maximum atomic E-state index is 9.48. The summed E-state index contributed by atoms with van der Waals surface area (Å²) in [6.07, 6.45) is 0. The highest BCUT2D eigenvalue weighted by atomic mass is 15.0. The van der Waals surface area contributed by atoms with E-state index in [1.807, 2.05) is 48.5 Å². The fourth-order valence-corrected chi connectivity index (χ4v) is 7.71. The van der Waals surface area contributed by atoms with E-state index in [2.05, 4.69) is 137 Å². The maximum absolute atomic E-state index is 9.48. The molecule has 0 aliphatic rings. The second-order valence-electron chi connectivity index (χ2n) is 13.4. The topological polar surface area (TPSA) is 45.5 Å². The molecule has 0 bridgehead atoms. The average Bonchev–Trinajstić information content (AvgIpc) is 3.64. The molecule has 0 fully saturated rings. The molecule has 4 heteroatoms. The fourth-order valence-electron chi connectivity index (χ4n) is 7.71. The summed E-state index contributed by atoms with van der Waals surface area (Å²) >= 11 is 0. The average molecular weight is 673 g/mol. The number of nitrogens with zero attached hydrogens (tertiary/aromatic N) is 4. The van der Waals surface area contributed by atoms with E-state index >= 15 is 0 Å². The zero-order chi connectivity index (χ0) is 35.5. The van der Waals surface area contributed by atoms with Gasteiger partial charge in [0.2, 0.25) is 0 Å². The number of aromatic nitrogens is 2. The van der Waals surface area contributed by atoms with Crippen molar-refractivity contribution in [3.8, 4) is 50.8 Å². The molecule has 0 amide bonds. The van der Waals surface area contributed by atoms with Gasteiger partial charge in [0.1, 0.15) is 5.65 Å². The molecule has 0 spiro atoms. The Kier molecular flexibility index (Phi) is 6.90. The van der Waals surface area contributed by atoms with Crippen LogP contribution in [0.1, 0.15) is 5.56 Å². The number of rotatable bonds is 4. The van der Waals surface area contributed by atoms with Crippen molar-refractivity contribution in [2.24, 2.45) is 0 Å². The summed E-state index contributed by atoms with van der Waals surface area (Å²) in [4.78, 5) is 8.94. The quantitative estimate of drug-likeness (QED) is 0.138. The normalized spacial score (nSPS) is 11.4. The lowest BCUT2D eigenvalue weighted by Crippen LogP contribution is -1.95. The van der Waals surface area contributed by atoms with Crippen LogP contribution < -0.4 is 0 Å². The number of nitriles is 1. The SMILES string of the molecule is [C-]#[N+]c1ccc(-c2c(-c3ccc(C#N)cc3)nc3c4ccccc4c4cc(-c5ccc6cc(-c7ccc8ccccc8c7)ccc6c5)ccc4n23)cc1. The van der Waals surface area contributed by atoms with Gasteiger partial charge in [-0.2, -0.15) is 5.26 Å². The van der Waals surface area contributed by atoms with Crippen LogP contribution >= 0.6 is 0 Å². The molecule has 0 N–H and O–H groups in total. The zero-order valence-corrected chi connectivity index (χ0v) is 28.5. The first-order chi connectivity index (χ1) is 26.1. The van der Waals surface area contributed by atoms with Crippen LogP contribution in [-0.2, 0) is 0 Å². The Balaban J connectivity index is 1.15. The third-order valence-electron chi connectivity index (χ3n) is 10.4. The second kappa shape index (κ2) is 12.1. The molecule has 10 aromatic rings. The first-order valence-electron chi connectivity index (χ1n) is 17.5. The molecule has 4 nitrogen and oxygen atoms in total. The van der Waals surface area contributed by atoms with E-state index < -0.39 is 0 Å². The van der Waals surface area contributed by atoms with Crippen molar-refractivity contribution < 1.29 is 0 Å². The number of fused-ring (bicyclic) bond motifs is 8. The van der Waals surface area contributed by atoms with Crippen LogP contribution in [0.3, 0.4) is 0 Å². The Hall–Kier alpha value is -7.53. The van der Waals surface area contributed by atoms with E-state index in [-0.39, 0.29) is 0 Å². The third kappa shape index (κ3) is 5.01. The minimum absolute atomic E-state index is 0.586. The molecule has 0 saturated carbocycles. The first-order valence-corrected chi connectivity index (χ1v) is 17.5. The standard InChI is InChI=1S/C49H28N4/c1-51-42-23-20-34(21-24-42)48-47(33-12-10-31(30-50)11-13-33)52-49-44-9-5-4-8-43(44)45-29-41(22-25-46(45)53(48)49)40-19-18-38-27-37(16-17-39(38)28-40)36-15-14-32-6-2-3-7-35(32)26-36/h2-29H. The van der Waals surface area contributed by atoms with E-state index in [0.29, 0.717) is 11.3 Å². The summed E-state index contributed by atoms with van der Waals surface area (Å²) in [6, 6.07) is 61.3. The van der Waals surface area contributed by atoms with Crippen molar-refractivity contribution in [1.29, 1.82) is 5.26 Å². The minimum atomic E-state index is 0.586. The molecule has 2 heterocycles. The first kappa shape index (κ1) is 30.3. The highest BCUT2D eigenvalue weighted by Crippen LogP contribution is 2.41. The minimum Gasteiger partial charge on any atom is -0.291 e. The summed E-state index contributed by atoms with van der Waals surface area (Å²) in [5.41, 5.74) is 11.4. The predicted molar refractivity (Wildman–Crippen MR) is 218 cm³/mol. The van der Waals surface area contributed by atoms with Crippen LogP contribution in [0.5, 0.6) is 0 Å². The lowest BCUT2D eigenvalue weighted by Gasteiger charge is -2.14. The molecule has 10 rings (SSSR count). The van der Waals surface area contributed by atoms with Gasteiger partial charge < -0.3 is 0 Å². The van der Waals surface area contributed by atoms with Gasteiger partial charge >= 0.3 is 0 Å². The molecular weight excluding hydrogens is 645 g/mol. The van der Waals surface area contributed by atoms with Crippen molar-refractivity contribution >= 4 is 54.6 Å². The Morgan fingerprint density at radius 1 is 0.491 bits per heavy atom. The second-order valence-corrected chi connectivity index (χ2v) is 13.4.